The first-order valence-electron chi connectivity index (χ1n) is 4.24. The lowest BCUT2D eigenvalue weighted by Gasteiger charge is -2.28. The van der Waals surface area contributed by atoms with E-state index in [0.29, 0.717) is 19.1 Å². The molecule has 3 heteroatoms. The number of carbonyl (C=O) groups excluding carboxylic acids is 1. The van der Waals surface area contributed by atoms with Crippen molar-refractivity contribution in [1.82, 2.24) is 4.90 Å². The van der Waals surface area contributed by atoms with Crippen molar-refractivity contribution in [2.24, 2.45) is 5.92 Å². The van der Waals surface area contributed by atoms with Crippen LogP contribution in [0.1, 0.15) is 12.8 Å². The Bertz CT molecular complexity index is 159. The van der Waals surface area contributed by atoms with Crippen LogP contribution in [0.3, 0.4) is 0 Å². The predicted molar refractivity (Wildman–Crippen MR) is 40.1 cm³/mol. The van der Waals surface area contributed by atoms with Crippen LogP contribution in [-0.4, -0.2) is 37.1 Å². The molecule has 0 saturated carbocycles. The number of likely N-dealkylation sites (tertiary alicyclic amines) is 1. The molecule has 11 heavy (non-hydrogen) atoms. The van der Waals surface area contributed by atoms with E-state index in [1.54, 1.807) is 0 Å². The van der Waals surface area contributed by atoms with Crippen LogP contribution in [-0.2, 0) is 9.53 Å². The van der Waals surface area contributed by atoms with Gasteiger partial charge in [-0.3, -0.25) is 4.79 Å². The summed E-state index contributed by atoms with van der Waals surface area (Å²) in [5, 5.41) is 0. The van der Waals surface area contributed by atoms with E-state index in [1.165, 1.54) is 12.8 Å². The molecule has 0 aliphatic carbocycles. The van der Waals surface area contributed by atoms with E-state index in [1.807, 2.05) is 4.90 Å². The van der Waals surface area contributed by atoms with Crippen molar-refractivity contribution in [3.8, 4) is 0 Å². The summed E-state index contributed by atoms with van der Waals surface area (Å²) in [6, 6.07) is 0. The Balaban J connectivity index is 1.87. The Morgan fingerprint density at radius 2 is 1.91 bits per heavy atom. The predicted octanol–water partition coefficient (Wildman–Crippen LogP) is 0.255. The first-order valence-corrected chi connectivity index (χ1v) is 4.24. The molecule has 0 N–H and O–H groups in total. The summed E-state index contributed by atoms with van der Waals surface area (Å²) in [6.07, 6.45) is 2.36. The number of hydrogen-bond acceptors (Lipinski definition) is 2. The normalized spacial score (nSPS) is 25.3. The summed E-state index contributed by atoms with van der Waals surface area (Å²) in [4.78, 5) is 13.4. The molecule has 0 radical (unpaired) electrons. The van der Waals surface area contributed by atoms with Crippen molar-refractivity contribution in [1.29, 1.82) is 0 Å². The molecule has 0 unspecified atom stereocenters. The molecule has 2 rings (SSSR count). The highest BCUT2D eigenvalue weighted by molar-refractivity contribution is 5.79. The second-order valence-electron chi connectivity index (χ2n) is 3.27. The molecule has 2 heterocycles. The third-order valence-electron chi connectivity index (χ3n) is 2.41. The average molecular weight is 155 g/mol. The van der Waals surface area contributed by atoms with Gasteiger partial charge in [-0.05, 0) is 12.8 Å². The molecule has 3 nitrogen and oxygen atoms in total. The van der Waals surface area contributed by atoms with E-state index in [4.69, 9.17) is 4.74 Å². The van der Waals surface area contributed by atoms with Crippen LogP contribution in [0.5, 0.6) is 0 Å². The Morgan fingerprint density at radius 1 is 1.27 bits per heavy atom. The van der Waals surface area contributed by atoms with E-state index >= 15 is 0 Å². The van der Waals surface area contributed by atoms with Crippen molar-refractivity contribution in [3.63, 3.8) is 0 Å². The van der Waals surface area contributed by atoms with Crippen LogP contribution in [0.25, 0.3) is 0 Å². The number of ether oxygens (including phenoxy) is 1. The van der Waals surface area contributed by atoms with E-state index in [9.17, 15) is 4.79 Å². The maximum Gasteiger partial charge on any atom is 0.230 e. The van der Waals surface area contributed by atoms with E-state index in [2.05, 4.69) is 0 Å². The number of hydrogen-bond donors (Lipinski definition) is 0. The molecule has 1 amide bonds. The Kier molecular flexibility index (Phi) is 1.82. The fourth-order valence-corrected chi connectivity index (χ4v) is 1.57. The molecule has 0 bridgehead atoms. The highest BCUT2D eigenvalue weighted by Gasteiger charge is 2.31. The summed E-state index contributed by atoms with van der Waals surface area (Å²) in [5.74, 6) is 0.502. The van der Waals surface area contributed by atoms with Gasteiger partial charge in [0.15, 0.2) is 0 Å². The standard InChI is InChI=1S/C8H13NO2/c10-8(7-5-11-6-7)9-3-1-2-4-9/h7H,1-6H2. The van der Waals surface area contributed by atoms with Crippen LogP contribution in [0.2, 0.25) is 0 Å². The molecule has 0 spiro atoms. The number of carbonyl (C=O) groups is 1. The van der Waals surface area contributed by atoms with Crippen LogP contribution in [0, 0.1) is 5.92 Å². The molecule has 2 aliphatic rings. The zero-order chi connectivity index (χ0) is 7.68. The lowest BCUT2D eigenvalue weighted by atomic mass is 10.1. The van der Waals surface area contributed by atoms with Gasteiger partial charge in [-0.15, -0.1) is 0 Å². The van der Waals surface area contributed by atoms with Gasteiger partial charge in [0.1, 0.15) is 0 Å². The van der Waals surface area contributed by atoms with Crippen molar-refractivity contribution >= 4 is 5.91 Å². The third-order valence-corrected chi connectivity index (χ3v) is 2.41. The molecule has 0 aromatic rings. The van der Waals surface area contributed by atoms with Gasteiger partial charge in [-0.25, -0.2) is 0 Å². The van der Waals surface area contributed by atoms with Crippen molar-refractivity contribution < 1.29 is 9.53 Å². The Labute approximate surface area is 66.3 Å². The van der Waals surface area contributed by atoms with Crippen LogP contribution < -0.4 is 0 Å². The number of nitrogens with zero attached hydrogens (tertiary/aromatic N) is 1. The minimum Gasteiger partial charge on any atom is -0.380 e. The molecule has 2 fully saturated rings. The third kappa shape index (κ3) is 1.25. The number of rotatable bonds is 1. The van der Waals surface area contributed by atoms with Gasteiger partial charge in [0, 0.05) is 13.1 Å². The molecule has 0 aromatic carbocycles. The summed E-state index contributed by atoms with van der Waals surface area (Å²) in [6.45, 7) is 3.23. The van der Waals surface area contributed by atoms with Gasteiger partial charge in [-0.1, -0.05) is 0 Å². The summed E-state index contributed by atoms with van der Waals surface area (Å²) in [7, 11) is 0. The van der Waals surface area contributed by atoms with Gasteiger partial charge in [0.2, 0.25) is 5.91 Å². The van der Waals surface area contributed by atoms with E-state index in [-0.39, 0.29) is 5.92 Å². The molecular weight excluding hydrogens is 142 g/mol. The molecule has 2 aliphatic heterocycles. The van der Waals surface area contributed by atoms with Gasteiger partial charge in [0.05, 0.1) is 19.1 Å². The second-order valence-corrected chi connectivity index (χ2v) is 3.27. The van der Waals surface area contributed by atoms with Crippen molar-refractivity contribution in [2.45, 2.75) is 12.8 Å². The van der Waals surface area contributed by atoms with Crippen molar-refractivity contribution in [3.05, 3.63) is 0 Å². The lowest BCUT2D eigenvalue weighted by molar-refractivity contribution is -0.148. The second kappa shape index (κ2) is 2.81. The van der Waals surface area contributed by atoms with Gasteiger partial charge >= 0.3 is 0 Å². The average Bonchev–Trinajstić information content (AvgIpc) is 2.32. The summed E-state index contributed by atoms with van der Waals surface area (Å²) >= 11 is 0. The summed E-state index contributed by atoms with van der Waals surface area (Å²) < 4.78 is 4.97. The largest absolute Gasteiger partial charge is 0.380 e. The van der Waals surface area contributed by atoms with Crippen LogP contribution in [0.4, 0.5) is 0 Å². The van der Waals surface area contributed by atoms with Gasteiger partial charge < -0.3 is 9.64 Å². The highest BCUT2D eigenvalue weighted by Crippen LogP contribution is 2.17. The quantitative estimate of drug-likeness (QED) is 0.543. The zero-order valence-corrected chi connectivity index (χ0v) is 6.58. The molecule has 0 atom stereocenters. The van der Waals surface area contributed by atoms with Crippen LogP contribution in [0.15, 0.2) is 0 Å². The highest BCUT2D eigenvalue weighted by atomic mass is 16.5. The molecule has 62 valence electrons. The maximum atomic E-state index is 11.5. The van der Waals surface area contributed by atoms with Crippen LogP contribution >= 0.6 is 0 Å². The van der Waals surface area contributed by atoms with E-state index < -0.39 is 0 Å². The summed E-state index contributed by atoms with van der Waals surface area (Å²) in [5.41, 5.74) is 0. The lowest BCUT2D eigenvalue weighted by Crippen LogP contribution is -2.43. The SMILES string of the molecule is O=C(C1COC1)N1CCCC1. The fraction of sp³-hybridized carbons (Fsp3) is 0.875. The van der Waals surface area contributed by atoms with E-state index in [0.717, 1.165) is 13.1 Å². The zero-order valence-electron chi connectivity index (χ0n) is 6.58. The van der Waals surface area contributed by atoms with Crippen molar-refractivity contribution in [2.75, 3.05) is 26.3 Å². The fourth-order valence-electron chi connectivity index (χ4n) is 1.57. The monoisotopic (exact) mass is 155 g/mol. The first kappa shape index (κ1) is 7.10. The van der Waals surface area contributed by atoms with Gasteiger partial charge in [0.25, 0.3) is 0 Å². The molecule has 2 saturated heterocycles. The Morgan fingerprint density at radius 3 is 2.36 bits per heavy atom. The molecule has 0 aromatic heterocycles. The van der Waals surface area contributed by atoms with Gasteiger partial charge in [-0.2, -0.15) is 0 Å². The molecular formula is C8H13NO2. The Hall–Kier alpha value is -0.570. The minimum atomic E-state index is 0.188. The minimum absolute atomic E-state index is 0.188. The maximum absolute atomic E-state index is 11.5. The number of amides is 1. The first-order chi connectivity index (χ1) is 5.38. The topological polar surface area (TPSA) is 29.5 Å². The smallest absolute Gasteiger partial charge is 0.230 e.